The fraction of sp³-hybridized carbons (Fsp3) is 1.00. The van der Waals surface area contributed by atoms with Gasteiger partial charge < -0.3 is 14.8 Å². The number of nitrogens with one attached hydrogen (secondary N) is 1. The third-order valence-corrected chi connectivity index (χ3v) is 4.04. The number of hydrogen-bond donors (Lipinski definition) is 1. The van der Waals surface area contributed by atoms with Crippen LogP contribution < -0.4 is 5.32 Å². The maximum atomic E-state index is 5.68. The highest BCUT2D eigenvalue weighted by Crippen LogP contribution is 2.17. The second kappa shape index (κ2) is 9.70. The van der Waals surface area contributed by atoms with Crippen LogP contribution in [0, 0.1) is 5.92 Å². The van der Waals surface area contributed by atoms with Gasteiger partial charge in [0.1, 0.15) is 0 Å². The van der Waals surface area contributed by atoms with E-state index in [4.69, 9.17) is 9.47 Å². The lowest BCUT2D eigenvalue weighted by Gasteiger charge is -2.37. The number of hydrogen-bond acceptors (Lipinski definition) is 4. The van der Waals surface area contributed by atoms with Crippen molar-refractivity contribution in [3.63, 3.8) is 0 Å². The van der Waals surface area contributed by atoms with Gasteiger partial charge in [0.25, 0.3) is 0 Å². The fourth-order valence-corrected chi connectivity index (χ4v) is 2.84. The highest BCUT2D eigenvalue weighted by atomic mass is 16.5. The van der Waals surface area contributed by atoms with Crippen LogP contribution in [-0.2, 0) is 9.47 Å². The molecule has 0 bridgehead atoms. The third kappa shape index (κ3) is 5.78. The van der Waals surface area contributed by atoms with Gasteiger partial charge in [0.05, 0.1) is 13.2 Å². The molecule has 1 saturated heterocycles. The molecule has 0 aliphatic carbocycles. The molecule has 4 heteroatoms. The normalized spacial score (nSPS) is 25.7. The third-order valence-electron chi connectivity index (χ3n) is 4.04. The molecular formula is C15H32N2O2. The average molecular weight is 272 g/mol. The molecule has 0 saturated carbocycles. The van der Waals surface area contributed by atoms with E-state index < -0.39 is 0 Å². The topological polar surface area (TPSA) is 33.7 Å². The van der Waals surface area contributed by atoms with Crippen LogP contribution in [0.3, 0.4) is 0 Å². The molecule has 1 aliphatic heterocycles. The molecule has 0 aromatic rings. The first-order chi connectivity index (χ1) is 9.22. The largest absolute Gasteiger partial charge is 0.383 e. The van der Waals surface area contributed by atoms with Gasteiger partial charge in [-0.1, -0.05) is 13.8 Å². The van der Waals surface area contributed by atoms with Crippen LogP contribution in [0.4, 0.5) is 0 Å². The van der Waals surface area contributed by atoms with Gasteiger partial charge in [0, 0.05) is 38.3 Å². The summed E-state index contributed by atoms with van der Waals surface area (Å²) in [4.78, 5) is 2.50. The van der Waals surface area contributed by atoms with Gasteiger partial charge >= 0.3 is 0 Å². The van der Waals surface area contributed by atoms with Gasteiger partial charge in [-0.15, -0.1) is 0 Å². The highest BCUT2D eigenvalue weighted by Gasteiger charge is 2.28. The molecule has 1 N–H and O–H groups in total. The standard InChI is InChI=1S/C15H32N2O2/c1-5-8-16-15-7-9-19-12-14(15)10-17(6-2)13(3)11-18-4/h13-16H,5-12H2,1-4H3. The number of rotatable bonds is 9. The minimum Gasteiger partial charge on any atom is -0.383 e. The molecule has 1 fully saturated rings. The summed E-state index contributed by atoms with van der Waals surface area (Å²) < 4.78 is 11.0. The zero-order valence-corrected chi connectivity index (χ0v) is 13.2. The van der Waals surface area contributed by atoms with Crippen molar-refractivity contribution in [1.29, 1.82) is 0 Å². The van der Waals surface area contributed by atoms with Crippen LogP contribution in [0.25, 0.3) is 0 Å². The zero-order valence-electron chi connectivity index (χ0n) is 13.2. The van der Waals surface area contributed by atoms with E-state index in [0.29, 0.717) is 18.0 Å². The Morgan fingerprint density at radius 1 is 1.42 bits per heavy atom. The molecule has 0 amide bonds. The van der Waals surface area contributed by atoms with Gasteiger partial charge in [-0.25, -0.2) is 0 Å². The molecule has 19 heavy (non-hydrogen) atoms. The molecule has 3 atom stereocenters. The second-order valence-corrected chi connectivity index (χ2v) is 5.58. The molecule has 1 aliphatic rings. The summed E-state index contributed by atoms with van der Waals surface area (Å²) in [5.74, 6) is 0.597. The maximum absolute atomic E-state index is 5.68. The fourth-order valence-electron chi connectivity index (χ4n) is 2.84. The van der Waals surface area contributed by atoms with Crippen molar-refractivity contribution in [2.75, 3.05) is 46.6 Å². The second-order valence-electron chi connectivity index (χ2n) is 5.58. The van der Waals surface area contributed by atoms with Crippen molar-refractivity contribution in [3.8, 4) is 0 Å². The lowest BCUT2D eigenvalue weighted by molar-refractivity contribution is 0.00499. The Labute approximate surface area is 118 Å². The molecule has 0 aromatic carbocycles. The van der Waals surface area contributed by atoms with E-state index in [1.807, 2.05) is 0 Å². The minimum absolute atomic E-state index is 0.476. The Morgan fingerprint density at radius 2 is 2.21 bits per heavy atom. The van der Waals surface area contributed by atoms with Crippen LogP contribution in [0.5, 0.6) is 0 Å². The van der Waals surface area contributed by atoms with Gasteiger partial charge in [-0.3, -0.25) is 4.90 Å². The summed E-state index contributed by atoms with van der Waals surface area (Å²) >= 11 is 0. The van der Waals surface area contributed by atoms with Crippen LogP contribution in [-0.4, -0.2) is 63.5 Å². The minimum atomic E-state index is 0.476. The van der Waals surface area contributed by atoms with Crippen molar-refractivity contribution in [2.45, 2.75) is 45.7 Å². The quantitative estimate of drug-likeness (QED) is 0.693. The predicted molar refractivity (Wildman–Crippen MR) is 79.6 cm³/mol. The highest BCUT2D eigenvalue weighted by molar-refractivity contribution is 4.83. The van der Waals surface area contributed by atoms with Crippen LogP contribution >= 0.6 is 0 Å². The van der Waals surface area contributed by atoms with E-state index in [2.05, 4.69) is 31.0 Å². The van der Waals surface area contributed by atoms with Crippen molar-refractivity contribution in [1.82, 2.24) is 10.2 Å². The summed E-state index contributed by atoms with van der Waals surface area (Å²) in [6, 6.07) is 1.08. The van der Waals surface area contributed by atoms with Crippen molar-refractivity contribution < 1.29 is 9.47 Å². The van der Waals surface area contributed by atoms with Crippen molar-refractivity contribution in [3.05, 3.63) is 0 Å². The molecule has 3 unspecified atom stereocenters. The Kier molecular flexibility index (Phi) is 8.62. The van der Waals surface area contributed by atoms with Gasteiger partial charge in [0.15, 0.2) is 0 Å². The van der Waals surface area contributed by atoms with E-state index >= 15 is 0 Å². The predicted octanol–water partition coefficient (Wildman–Crippen LogP) is 1.75. The molecule has 0 aromatic heterocycles. The van der Waals surface area contributed by atoms with Gasteiger partial charge in [-0.2, -0.15) is 0 Å². The molecule has 1 rings (SSSR count). The van der Waals surface area contributed by atoms with Crippen LogP contribution in [0.2, 0.25) is 0 Å². The van der Waals surface area contributed by atoms with E-state index in [9.17, 15) is 0 Å². The molecule has 1 heterocycles. The zero-order chi connectivity index (χ0) is 14.1. The van der Waals surface area contributed by atoms with Crippen LogP contribution in [0.1, 0.15) is 33.6 Å². The summed E-state index contributed by atoms with van der Waals surface area (Å²) in [5, 5.41) is 3.68. The Balaban J connectivity index is 2.49. The van der Waals surface area contributed by atoms with E-state index in [-0.39, 0.29) is 0 Å². The first-order valence-corrected chi connectivity index (χ1v) is 7.77. The number of nitrogens with zero attached hydrogens (tertiary/aromatic N) is 1. The van der Waals surface area contributed by atoms with E-state index in [1.165, 1.54) is 6.42 Å². The number of likely N-dealkylation sites (N-methyl/N-ethyl adjacent to an activating group) is 1. The van der Waals surface area contributed by atoms with Crippen molar-refractivity contribution >= 4 is 0 Å². The van der Waals surface area contributed by atoms with Gasteiger partial charge in [-0.05, 0) is 32.9 Å². The molecule has 4 nitrogen and oxygen atoms in total. The summed E-state index contributed by atoms with van der Waals surface area (Å²) in [5.41, 5.74) is 0. The smallest absolute Gasteiger partial charge is 0.0615 e. The summed E-state index contributed by atoms with van der Waals surface area (Å²) in [7, 11) is 1.78. The molecule has 0 radical (unpaired) electrons. The van der Waals surface area contributed by atoms with Crippen molar-refractivity contribution in [2.24, 2.45) is 5.92 Å². The number of ether oxygens (including phenoxy) is 2. The average Bonchev–Trinajstić information content (AvgIpc) is 2.43. The molecule has 0 spiro atoms. The number of methoxy groups -OCH3 is 1. The molecule has 114 valence electrons. The van der Waals surface area contributed by atoms with E-state index in [1.54, 1.807) is 7.11 Å². The Morgan fingerprint density at radius 3 is 2.84 bits per heavy atom. The Hall–Kier alpha value is -0.160. The Bertz CT molecular complexity index is 226. The summed E-state index contributed by atoms with van der Waals surface area (Å²) in [6.45, 7) is 12.6. The first-order valence-electron chi connectivity index (χ1n) is 7.77. The van der Waals surface area contributed by atoms with Gasteiger partial charge in [0.2, 0.25) is 0 Å². The first kappa shape index (κ1) is 16.9. The van der Waals surface area contributed by atoms with E-state index in [0.717, 1.165) is 45.9 Å². The SMILES string of the molecule is CCCNC1CCOCC1CN(CC)C(C)COC. The lowest BCUT2D eigenvalue weighted by Crippen LogP contribution is -2.50. The monoisotopic (exact) mass is 272 g/mol. The van der Waals surface area contributed by atoms with Crippen LogP contribution in [0.15, 0.2) is 0 Å². The lowest BCUT2D eigenvalue weighted by atomic mass is 9.94. The maximum Gasteiger partial charge on any atom is 0.0615 e. The molecular weight excluding hydrogens is 240 g/mol. The summed E-state index contributed by atoms with van der Waals surface area (Å²) in [6.07, 6.45) is 2.34.